The Bertz CT molecular complexity index is 1170. The molecular formula is C28H37Cl2N3O4S. The van der Waals surface area contributed by atoms with Crippen molar-refractivity contribution in [3.63, 3.8) is 0 Å². The van der Waals surface area contributed by atoms with Crippen molar-refractivity contribution in [1.29, 1.82) is 0 Å². The molecule has 1 saturated carbocycles. The zero-order valence-corrected chi connectivity index (χ0v) is 24.4. The number of carbonyl (C=O) groups is 2. The van der Waals surface area contributed by atoms with E-state index in [0.717, 1.165) is 31.9 Å². The van der Waals surface area contributed by atoms with Crippen LogP contribution < -0.4 is 9.62 Å². The first-order valence-corrected chi connectivity index (χ1v) is 15.8. The van der Waals surface area contributed by atoms with Crippen molar-refractivity contribution in [3.05, 3.63) is 64.1 Å². The summed E-state index contributed by atoms with van der Waals surface area (Å²) in [5.74, 6) is -0.439. The summed E-state index contributed by atoms with van der Waals surface area (Å²) in [6, 6.07) is 13.4. The molecule has 0 spiro atoms. The fraction of sp³-hybridized carbons (Fsp3) is 0.500. The van der Waals surface area contributed by atoms with Crippen LogP contribution in [0.25, 0.3) is 0 Å². The second kappa shape index (κ2) is 14.2. The van der Waals surface area contributed by atoms with Crippen LogP contribution in [0, 0.1) is 0 Å². The Morgan fingerprint density at radius 2 is 1.63 bits per heavy atom. The van der Waals surface area contributed by atoms with Gasteiger partial charge < -0.3 is 10.2 Å². The molecule has 0 heterocycles. The second-order valence-corrected chi connectivity index (χ2v) is 12.5. The summed E-state index contributed by atoms with van der Waals surface area (Å²) in [4.78, 5) is 28.6. The van der Waals surface area contributed by atoms with Crippen LogP contribution in [-0.4, -0.2) is 50.0 Å². The molecule has 10 heteroatoms. The van der Waals surface area contributed by atoms with Crippen LogP contribution in [0.15, 0.2) is 48.5 Å². The van der Waals surface area contributed by atoms with Gasteiger partial charge in [0.15, 0.2) is 0 Å². The number of hydrogen-bond acceptors (Lipinski definition) is 4. The van der Waals surface area contributed by atoms with Gasteiger partial charge >= 0.3 is 0 Å². The average molecular weight is 583 g/mol. The summed E-state index contributed by atoms with van der Waals surface area (Å²) >= 11 is 12.9. The molecule has 1 atom stereocenters. The summed E-state index contributed by atoms with van der Waals surface area (Å²) in [6.07, 6.45) is 7.13. The zero-order chi connectivity index (χ0) is 27.7. The molecular weight excluding hydrogens is 545 g/mol. The van der Waals surface area contributed by atoms with Crippen molar-refractivity contribution in [2.45, 2.75) is 76.9 Å². The first kappa shape index (κ1) is 30.3. The van der Waals surface area contributed by atoms with E-state index in [9.17, 15) is 18.0 Å². The van der Waals surface area contributed by atoms with Crippen molar-refractivity contribution in [2.24, 2.45) is 0 Å². The van der Waals surface area contributed by atoms with E-state index < -0.39 is 16.1 Å². The number of halogens is 2. The lowest BCUT2D eigenvalue weighted by atomic mass is 9.95. The highest BCUT2D eigenvalue weighted by molar-refractivity contribution is 7.92. The molecule has 208 valence electrons. The minimum absolute atomic E-state index is 0.0636. The fourth-order valence-corrected chi connectivity index (χ4v) is 6.40. The third-order valence-electron chi connectivity index (χ3n) is 6.92. The molecule has 0 radical (unpaired) electrons. The molecule has 3 rings (SSSR count). The summed E-state index contributed by atoms with van der Waals surface area (Å²) in [7, 11) is -3.54. The van der Waals surface area contributed by atoms with E-state index in [1.165, 1.54) is 10.7 Å². The molecule has 0 unspecified atom stereocenters. The SMILES string of the molecule is CC[C@H](C(=O)NC1CCCCC1)N(Cc1c(Cl)cccc1Cl)C(=O)CCCN(c1ccccc1)S(C)(=O)=O. The third-order valence-corrected chi connectivity index (χ3v) is 8.83. The molecule has 2 amide bonds. The number of rotatable bonds is 12. The number of benzene rings is 2. The Kier molecular flexibility index (Phi) is 11.3. The number of amides is 2. The zero-order valence-electron chi connectivity index (χ0n) is 22.0. The molecule has 1 fully saturated rings. The van der Waals surface area contributed by atoms with Gasteiger partial charge in [-0.3, -0.25) is 13.9 Å². The van der Waals surface area contributed by atoms with Gasteiger partial charge in [-0.05, 0) is 49.9 Å². The number of hydrogen-bond donors (Lipinski definition) is 1. The van der Waals surface area contributed by atoms with Crippen molar-refractivity contribution < 1.29 is 18.0 Å². The van der Waals surface area contributed by atoms with Gasteiger partial charge in [-0.15, -0.1) is 0 Å². The molecule has 7 nitrogen and oxygen atoms in total. The molecule has 1 aliphatic carbocycles. The first-order chi connectivity index (χ1) is 18.1. The van der Waals surface area contributed by atoms with Crippen LogP contribution in [0.4, 0.5) is 5.69 Å². The smallest absolute Gasteiger partial charge is 0.243 e. The van der Waals surface area contributed by atoms with E-state index >= 15 is 0 Å². The molecule has 0 aliphatic heterocycles. The van der Waals surface area contributed by atoms with Gasteiger partial charge in [0.25, 0.3) is 0 Å². The van der Waals surface area contributed by atoms with E-state index in [1.54, 1.807) is 47.4 Å². The number of nitrogens with zero attached hydrogens (tertiary/aromatic N) is 2. The van der Waals surface area contributed by atoms with Gasteiger partial charge in [0.05, 0.1) is 11.9 Å². The fourth-order valence-electron chi connectivity index (χ4n) is 4.92. The van der Waals surface area contributed by atoms with E-state index in [2.05, 4.69) is 5.32 Å². The Hall–Kier alpha value is -2.29. The number of sulfonamides is 1. The average Bonchev–Trinajstić information content (AvgIpc) is 2.88. The van der Waals surface area contributed by atoms with Gasteiger partial charge in [-0.2, -0.15) is 0 Å². The minimum atomic E-state index is -3.54. The van der Waals surface area contributed by atoms with E-state index in [0.29, 0.717) is 27.7 Å². The topological polar surface area (TPSA) is 86.8 Å². The van der Waals surface area contributed by atoms with E-state index in [1.807, 2.05) is 13.0 Å². The van der Waals surface area contributed by atoms with Crippen LogP contribution in [0.2, 0.25) is 10.0 Å². The summed E-state index contributed by atoms with van der Waals surface area (Å²) in [5.41, 5.74) is 1.12. The maximum absolute atomic E-state index is 13.6. The molecule has 2 aromatic carbocycles. The normalized spacial score (nSPS) is 15.1. The lowest BCUT2D eigenvalue weighted by molar-refractivity contribution is -0.141. The molecule has 1 N–H and O–H groups in total. The minimum Gasteiger partial charge on any atom is -0.352 e. The van der Waals surface area contributed by atoms with E-state index in [-0.39, 0.29) is 43.8 Å². The largest absolute Gasteiger partial charge is 0.352 e. The number of anilines is 1. The standard InChI is InChI=1S/C28H37Cl2N3O4S/c1-3-26(28(35)31-21-12-6-4-7-13-21)32(20-23-24(29)16-10-17-25(23)30)27(34)18-11-19-33(38(2,36)37)22-14-8-5-9-15-22/h5,8-10,14-17,21,26H,3-4,6-7,11-13,18-20H2,1-2H3,(H,31,35)/t26-/m1/s1. The van der Waals surface area contributed by atoms with Gasteiger partial charge in [0, 0.05) is 41.2 Å². The predicted molar refractivity (Wildman–Crippen MR) is 154 cm³/mol. The van der Waals surface area contributed by atoms with Crippen LogP contribution in [0.5, 0.6) is 0 Å². The number of para-hydroxylation sites is 1. The van der Waals surface area contributed by atoms with Crippen LogP contribution in [-0.2, 0) is 26.2 Å². The summed E-state index contributed by atoms with van der Waals surface area (Å²) in [6.45, 7) is 2.10. The highest BCUT2D eigenvalue weighted by atomic mass is 35.5. The monoisotopic (exact) mass is 581 g/mol. The van der Waals surface area contributed by atoms with Crippen LogP contribution in [0.1, 0.15) is 63.9 Å². The van der Waals surface area contributed by atoms with E-state index in [4.69, 9.17) is 23.2 Å². The Balaban J connectivity index is 1.79. The molecule has 1 aliphatic rings. The van der Waals surface area contributed by atoms with Crippen LogP contribution >= 0.6 is 23.2 Å². The van der Waals surface area contributed by atoms with Crippen molar-refractivity contribution >= 4 is 50.7 Å². The summed E-state index contributed by atoms with van der Waals surface area (Å²) < 4.78 is 26.2. The summed E-state index contributed by atoms with van der Waals surface area (Å²) in [5, 5.41) is 3.99. The van der Waals surface area contributed by atoms with Gasteiger partial charge in [0.1, 0.15) is 6.04 Å². The third kappa shape index (κ3) is 8.35. The molecule has 38 heavy (non-hydrogen) atoms. The maximum atomic E-state index is 13.6. The lowest BCUT2D eigenvalue weighted by Crippen LogP contribution is -2.51. The molecule has 0 bridgehead atoms. The predicted octanol–water partition coefficient (Wildman–Crippen LogP) is 5.80. The Morgan fingerprint density at radius 1 is 1.00 bits per heavy atom. The Morgan fingerprint density at radius 3 is 2.21 bits per heavy atom. The van der Waals surface area contributed by atoms with Crippen molar-refractivity contribution in [1.82, 2.24) is 10.2 Å². The maximum Gasteiger partial charge on any atom is 0.243 e. The van der Waals surface area contributed by atoms with Gasteiger partial charge in [-0.25, -0.2) is 8.42 Å². The number of carbonyl (C=O) groups excluding carboxylic acids is 2. The lowest BCUT2D eigenvalue weighted by Gasteiger charge is -2.33. The van der Waals surface area contributed by atoms with Crippen molar-refractivity contribution in [2.75, 3.05) is 17.1 Å². The Labute approximate surface area is 236 Å². The van der Waals surface area contributed by atoms with Gasteiger partial charge in [0.2, 0.25) is 21.8 Å². The first-order valence-electron chi connectivity index (χ1n) is 13.2. The number of nitrogens with one attached hydrogen (secondary N) is 1. The quantitative estimate of drug-likeness (QED) is 0.343. The second-order valence-electron chi connectivity index (χ2n) is 9.76. The highest BCUT2D eigenvalue weighted by Crippen LogP contribution is 2.28. The molecule has 0 aromatic heterocycles. The molecule has 2 aromatic rings. The van der Waals surface area contributed by atoms with Crippen LogP contribution in [0.3, 0.4) is 0 Å². The molecule has 0 saturated heterocycles. The van der Waals surface area contributed by atoms with Gasteiger partial charge in [-0.1, -0.05) is 73.7 Å². The highest BCUT2D eigenvalue weighted by Gasteiger charge is 2.31. The van der Waals surface area contributed by atoms with Crippen molar-refractivity contribution in [3.8, 4) is 0 Å².